The second-order valence-corrected chi connectivity index (χ2v) is 8.76. The van der Waals surface area contributed by atoms with Gasteiger partial charge in [0.05, 0.1) is 11.0 Å². The predicted molar refractivity (Wildman–Crippen MR) is 98.0 cm³/mol. The fourth-order valence-corrected chi connectivity index (χ4v) is 4.69. The van der Waals surface area contributed by atoms with E-state index in [4.69, 9.17) is 0 Å². The number of thiophene rings is 1. The van der Waals surface area contributed by atoms with Crippen molar-refractivity contribution < 1.29 is 13.2 Å². The minimum atomic E-state index is -3.75. The minimum Gasteiger partial charge on any atom is -0.324 e. The second kappa shape index (κ2) is 6.95. The fraction of sp³-hybridized carbons (Fsp3) is 0.250. The van der Waals surface area contributed by atoms with Gasteiger partial charge in [-0.3, -0.25) is 10.1 Å². The van der Waals surface area contributed by atoms with Gasteiger partial charge in [0.1, 0.15) is 10.3 Å². The first-order chi connectivity index (χ1) is 11.9. The van der Waals surface area contributed by atoms with E-state index in [9.17, 15) is 13.2 Å². The molecule has 3 rings (SSSR count). The molecule has 1 atom stereocenters. The van der Waals surface area contributed by atoms with Crippen LogP contribution in [0.4, 0.5) is 5.95 Å². The summed E-state index contributed by atoms with van der Waals surface area (Å²) in [4.78, 5) is 19.9. The van der Waals surface area contributed by atoms with Gasteiger partial charge in [-0.2, -0.15) is 4.72 Å². The number of amides is 1. The smallest absolute Gasteiger partial charge is 0.250 e. The number of para-hydroxylation sites is 2. The van der Waals surface area contributed by atoms with E-state index in [2.05, 4.69) is 20.0 Å². The summed E-state index contributed by atoms with van der Waals surface area (Å²) in [6, 6.07) is 9.61. The maximum Gasteiger partial charge on any atom is 0.250 e. The van der Waals surface area contributed by atoms with Gasteiger partial charge in [0, 0.05) is 0 Å². The van der Waals surface area contributed by atoms with Gasteiger partial charge < -0.3 is 4.98 Å². The predicted octanol–water partition coefficient (Wildman–Crippen LogP) is 2.57. The number of nitrogens with zero attached hydrogens (tertiary/aromatic N) is 1. The molecule has 0 aliphatic heterocycles. The number of fused-ring (bicyclic) bond motifs is 1. The van der Waals surface area contributed by atoms with Crippen molar-refractivity contribution in [2.24, 2.45) is 5.92 Å². The Morgan fingerprint density at radius 1 is 1.20 bits per heavy atom. The Hall–Kier alpha value is -2.23. The Morgan fingerprint density at radius 2 is 1.96 bits per heavy atom. The number of aromatic nitrogens is 2. The largest absolute Gasteiger partial charge is 0.324 e. The molecule has 2 aromatic heterocycles. The minimum absolute atomic E-state index is 0.176. The third kappa shape index (κ3) is 3.89. The number of carbonyl (C=O) groups is 1. The summed E-state index contributed by atoms with van der Waals surface area (Å²) in [7, 11) is -3.75. The zero-order valence-electron chi connectivity index (χ0n) is 13.7. The van der Waals surface area contributed by atoms with Gasteiger partial charge in [0.2, 0.25) is 11.9 Å². The number of hydrogen-bond acceptors (Lipinski definition) is 5. The molecule has 1 unspecified atom stereocenters. The van der Waals surface area contributed by atoms with Crippen LogP contribution in [0.2, 0.25) is 0 Å². The van der Waals surface area contributed by atoms with Crippen LogP contribution in [0.15, 0.2) is 46.0 Å². The SMILES string of the molecule is CC(C)C(NS(=O)(=O)c1cccs1)C(=O)Nc1nc2ccccc2[nH]1. The van der Waals surface area contributed by atoms with Crippen molar-refractivity contribution in [2.45, 2.75) is 24.1 Å². The highest BCUT2D eigenvalue weighted by Crippen LogP contribution is 2.18. The molecule has 1 amide bonds. The second-order valence-electron chi connectivity index (χ2n) is 5.87. The van der Waals surface area contributed by atoms with E-state index < -0.39 is 22.0 Å². The summed E-state index contributed by atoms with van der Waals surface area (Å²) in [6.07, 6.45) is 0. The summed E-state index contributed by atoms with van der Waals surface area (Å²) in [5, 5.41) is 4.33. The molecule has 1 aromatic carbocycles. The molecule has 9 heteroatoms. The van der Waals surface area contributed by atoms with Crippen LogP contribution >= 0.6 is 11.3 Å². The lowest BCUT2D eigenvalue weighted by molar-refractivity contribution is -0.118. The number of carbonyl (C=O) groups excluding carboxylic acids is 1. The zero-order valence-corrected chi connectivity index (χ0v) is 15.3. The van der Waals surface area contributed by atoms with Crippen LogP contribution in [-0.4, -0.2) is 30.3 Å². The number of imidazole rings is 1. The van der Waals surface area contributed by atoms with Crippen molar-refractivity contribution in [3.05, 3.63) is 41.8 Å². The lowest BCUT2D eigenvalue weighted by Gasteiger charge is -2.20. The molecule has 25 heavy (non-hydrogen) atoms. The molecule has 132 valence electrons. The van der Waals surface area contributed by atoms with E-state index in [1.807, 2.05) is 24.3 Å². The first-order valence-corrected chi connectivity index (χ1v) is 10.0. The zero-order chi connectivity index (χ0) is 18.0. The third-order valence-electron chi connectivity index (χ3n) is 3.62. The molecular weight excluding hydrogens is 360 g/mol. The molecule has 0 aliphatic rings. The standard InChI is InChI=1S/C16H18N4O3S2/c1-10(2)14(20-25(22,23)13-8-5-9-24-13)15(21)19-16-17-11-6-3-4-7-12(11)18-16/h3-10,14,20H,1-2H3,(H2,17,18,19,21). The molecule has 7 nitrogen and oxygen atoms in total. The third-order valence-corrected chi connectivity index (χ3v) is 6.46. The van der Waals surface area contributed by atoms with Crippen molar-refractivity contribution in [2.75, 3.05) is 5.32 Å². The average molecular weight is 378 g/mol. The Labute approximate surface area is 149 Å². The maximum absolute atomic E-state index is 12.6. The van der Waals surface area contributed by atoms with Crippen LogP contribution in [-0.2, 0) is 14.8 Å². The number of benzene rings is 1. The molecule has 0 saturated heterocycles. The fourth-order valence-electron chi connectivity index (χ4n) is 2.34. The number of H-pyrrole nitrogens is 1. The lowest BCUT2D eigenvalue weighted by Crippen LogP contribution is -2.46. The van der Waals surface area contributed by atoms with Gasteiger partial charge in [-0.1, -0.05) is 32.0 Å². The summed E-state index contributed by atoms with van der Waals surface area (Å²) in [5.41, 5.74) is 1.51. The summed E-state index contributed by atoms with van der Waals surface area (Å²) in [6.45, 7) is 3.56. The van der Waals surface area contributed by atoms with Crippen LogP contribution in [0.25, 0.3) is 11.0 Å². The van der Waals surface area contributed by atoms with E-state index in [0.29, 0.717) is 0 Å². The highest BCUT2D eigenvalue weighted by atomic mass is 32.2. The number of nitrogens with one attached hydrogen (secondary N) is 3. The van der Waals surface area contributed by atoms with E-state index in [1.54, 1.807) is 25.3 Å². The summed E-state index contributed by atoms with van der Waals surface area (Å²) >= 11 is 1.10. The number of anilines is 1. The van der Waals surface area contributed by atoms with Gasteiger partial charge in [0.15, 0.2) is 0 Å². The molecule has 0 spiro atoms. The number of aromatic amines is 1. The average Bonchev–Trinajstić information content (AvgIpc) is 3.21. The van der Waals surface area contributed by atoms with E-state index in [-0.39, 0.29) is 16.1 Å². The highest BCUT2D eigenvalue weighted by Gasteiger charge is 2.29. The van der Waals surface area contributed by atoms with Crippen LogP contribution in [0.3, 0.4) is 0 Å². The Balaban J connectivity index is 1.79. The Morgan fingerprint density at radius 3 is 2.60 bits per heavy atom. The highest BCUT2D eigenvalue weighted by molar-refractivity contribution is 7.91. The topological polar surface area (TPSA) is 104 Å². The number of rotatable bonds is 6. The van der Waals surface area contributed by atoms with Gasteiger partial charge in [-0.15, -0.1) is 11.3 Å². The first-order valence-electron chi connectivity index (χ1n) is 7.68. The van der Waals surface area contributed by atoms with Crippen LogP contribution in [0.5, 0.6) is 0 Å². The molecule has 0 aliphatic carbocycles. The van der Waals surface area contributed by atoms with E-state index >= 15 is 0 Å². The van der Waals surface area contributed by atoms with Crippen molar-refractivity contribution in [3.8, 4) is 0 Å². The quantitative estimate of drug-likeness (QED) is 0.613. The van der Waals surface area contributed by atoms with E-state index in [0.717, 1.165) is 22.4 Å². The van der Waals surface area contributed by atoms with Crippen LogP contribution < -0.4 is 10.0 Å². The van der Waals surface area contributed by atoms with Gasteiger partial charge in [0.25, 0.3) is 10.0 Å². The van der Waals surface area contributed by atoms with Gasteiger partial charge >= 0.3 is 0 Å². The van der Waals surface area contributed by atoms with Crippen molar-refractivity contribution in [1.29, 1.82) is 0 Å². The van der Waals surface area contributed by atoms with Gasteiger partial charge in [-0.25, -0.2) is 13.4 Å². The molecule has 0 saturated carbocycles. The summed E-state index contributed by atoms with van der Waals surface area (Å²) in [5.74, 6) is -0.416. The Bertz CT molecular complexity index is 945. The normalized spacial score (nSPS) is 13.2. The number of sulfonamides is 1. The molecule has 3 N–H and O–H groups in total. The molecule has 2 heterocycles. The summed E-state index contributed by atoms with van der Waals surface area (Å²) < 4.78 is 27.5. The molecule has 0 bridgehead atoms. The van der Waals surface area contributed by atoms with Crippen LogP contribution in [0.1, 0.15) is 13.8 Å². The molecule has 3 aromatic rings. The van der Waals surface area contributed by atoms with Crippen molar-refractivity contribution >= 4 is 44.2 Å². The molecular formula is C16H18N4O3S2. The van der Waals surface area contributed by atoms with E-state index in [1.165, 1.54) is 6.07 Å². The molecule has 0 radical (unpaired) electrons. The lowest BCUT2D eigenvalue weighted by atomic mass is 10.1. The van der Waals surface area contributed by atoms with Crippen LogP contribution in [0, 0.1) is 5.92 Å². The number of hydrogen-bond donors (Lipinski definition) is 3. The first kappa shape index (κ1) is 17.6. The molecule has 0 fully saturated rings. The van der Waals surface area contributed by atoms with Crippen molar-refractivity contribution in [1.82, 2.24) is 14.7 Å². The van der Waals surface area contributed by atoms with Gasteiger partial charge in [-0.05, 0) is 29.5 Å². The monoisotopic (exact) mass is 378 g/mol. The van der Waals surface area contributed by atoms with Crippen molar-refractivity contribution in [3.63, 3.8) is 0 Å². The Kier molecular flexibility index (Phi) is 4.89. The maximum atomic E-state index is 12.6.